The summed E-state index contributed by atoms with van der Waals surface area (Å²) < 4.78 is 7.76. The van der Waals surface area contributed by atoms with Gasteiger partial charge in [0.2, 0.25) is 0 Å². The van der Waals surface area contributed by atoms with Crippen LogP contribution in [0, 0.1) is 17.2 Å². The van der Waals surface area contributed by atoms with E-state index in [9.17, 15) is 4.79 Å². The zero-order valence-electron chi connectivity index (χ0n) is 18.2. The summed E-state index contributed by atoms with van der Waals surface area (Å²) in [6.45, 7) is 7.70. The number of hydrogen-bond acceptors (Lipinski definition) is 5. The Labute approximate surface area is 183 Å². The van der Waals surface area contributed by atoms with Crippen LogP contribution in [0.15, 0.2) is 24.3 Å². The van der Waals surface area contributed by atoms with Gasteiger partial charge in [-0.15, -0.1) is 0 Å². The molecule has 1 atom stereocenters. The minimum absolute atomic E-state index is 0.137. The molecular weight excluding hydrogens is 390 g/mol. The first kappa shape index (κ1) is 20.1. The molecule has 1 fully saturated rings. The number of hydrogen-bond donors (Lipinski definition) is 1. The van der Waals surface area contributed by atoms with Crippen molar-refractivity contribution in [2.24, 2.45) is 5.92 Å². The van der Waals surface area contributed by atoms with Crippen LogP contribution in [0.2, 0.25) is 0 Å². The lowest BCUT2D eigenvalue weighted by Crippen LogP contribution is -2.48. The van der Waals surface area contributed by atoms with Gasteiger partial charge in [-0.05, 0) is 62.4 Å². The second kappa shape index (κ2) is 7.69. The van der Waals surface area contributed by atoms with Crippen molar-refractivity contribution in [3.63, 3.8) is 0 Å². The molecular formula is C24H29N5O2. The zero-order chi connectivity index (χ0) is 21.6. The maximum Gasteiger partial charge on any atom is 0.272 e. The fraction of sp³-hybridized carbons (Fsp3) is 0.542. The highest BCUT2D eigenvalue weighted by atomic mass is 16.5. The number of nitrogens with one attached hydrogen (secondary N) is 1. The summed E-state index contributed by atoms with van der Waals surface area (Å²) in [6, 6.07) is 9.36. The van der Waals surface area contributed by atoms with Gasteiger partial charge in [-0.25, -0.2) is 0 Å². The van der Waals surface area contributed by atoms with E-state index in [0.717, 1.165) is 42.6 Å². The Morgan fingerprint density at radius 1 is 1.32 bits per heavy atom. The predicted octanol–water partition coefficient (Wildman–Crippen LogP) is 2.88. The minimum Gasteiger partial charge on any atom is -0.491 e. The Balaban J connectivity index is 1.24. The summed E-state index contributed by atoms with van der Waals surface area (Å²) in [7, 11) is 0. The van der Waals surface area contributed by atoms with E-state index in [0.29, 0.717) is 24.3 Å². The maximum absolute atomic E-state index is 12.9. The summed E-state index contributed by atoms with van der Waals surface area (Å²) in [4.78, 5) is 15.4. The largest absolute Gasteiger partial charge is 0.491 e. The highest BCUT2D eigenvalue weighted by molar-refractivity contribution is 5.92. The summed E-state index contributed by atoms with van der Waals surface area (Å²) >= 11 is 0. The number of amides is 1. The Morgan fingerprint density at radius 3 is 2.94 bits per heavy atom. The van der Waals surface area contributed by atoms with Gasteiger partial charge < -0.3 is 10.1 Å². The van der Waals surface area contributed by atoms with Crippen LogP contribution in [0.4, 0.5) is 0 Å². The van der Waals surface area contributed by atoms with E-state index < -0.39 is 0 Å². The number of nitrogens with zero attached hydrogens (tertiary/aromatic N) is 4. The zero-order valence-corrected chi connectivity index (χ0v) is 18.2. The third-order valence-corrected chi connectivity index (χ3v) is 6.80. The number of carbonyl (C=O) groups excluding carboxylic acids is 1. The van der Waals surface area contributed by atoms with E-state index in [2.05, 4.69) is 35.2 Å². The molecule has 1 saturated carbocycles. The molecule has 1 N–H and O–H groups in total. The standard InChI is InChI=1S/C24H29N5O2/c1-24(2,12-16-3-4-16)28-7-8-29-20(14-28)11-21(27-29)23(30)26-19-10-18-9-17(13-25)5-6-22(18)31-15-19/h5-6,9,11,16,19H,3-4,7-8,10,12,14-15H2,1-2H3,(H,26,30)/t19-/m1/s1. The highest BCUT2D eigenvalue weighted by Crippen LogP contribution is 2.39. The molecule has 3 aliphatic rings. The molecule has 5 rings (SSSR count). The molecule has 2 aromatic rings. The van der Waals surface area contributed by atoms with Gasteiger partial charge in [0.05, 0.1) is 29.9 Å². The molecule has 1 aromatic heterocycles. The van der Waals surface area contributed by atoms with E-state index in [1.165, 1.54) is 19.3 Å². The maximum atomic E-state index is 12.9. The molecule has 0 bridgehead atoms. The summed E-state index contributed by atoms with van der Waals surface area (Å²) in [5.74, 6) is 1.50. The van der Waals surface area contributed by atoms with Crippen molar-refractivity contribution in [2.75, 3.05) is 13.2 Å². The van der Waals surface area contributed by atoms with Crippen molar-refractivity contribution in [3.8, 4) is 11.8 Å². The van der Waals surface area contributed by atoms with Gasteiger partial charge in [-0.1, -0.05) is 12.8 Å². The topological polar surface area (TPSA) is 83.2 Å². The number of aromatic nitrogens is 2. The van der Waals surface area contributed by atoms with Crippen LogP contribution in [-0.4, -0.2) is 45.3 Å². The third-order valence-electron chi connectivity index (χ3n) is 6.80. The molecule has 0 unspecified atom stereocenters. The molecule has 3 heterocycles. The monoisotopic (exact) mass is 419 g/mol. The fourth-order valence-corrected chi connectivity index (χ4v) is 4.87. The van der Waals surface area contributed by atoms with Crippen molar-refractivity contribution in [3.05, 3.63) is 46.8 Å². The van der Waals surface area contributed by atoms with E-state index in [4.69, 9.17) is 10.00 Å². The molecule has 1 aliphatic carbocycles. The minimum atomic E-state index is -0.167. The number of benzene rings is 1. The molecule has 2 aliphatic heterocycles. The average Bonchev–Trinajstić information content (AvgIpc) is 3.45. The van der Waals surface area contributed by atoms with Crippen molar-refractivity contribution in [2.45, 2.75) is 64.2 Å². The summed E-state index contributed by atoms with van der Waals surface area (Å²) in [5.41, 5.74) is 3.30. The van der Waals surface area contributed by atoms with Crippen LogP contribution < -0.4 is 10.1 Å². The van der Waals surface area contributed by atoms with Crippen molar-refractivity contribution >= 4 is 5.91 Å². The van der Waals surface area contributed by atoms with Gasteiger partial charge in [0.15, 0.2) is 5.69 Å². The van der Waals surface area contributed by atoms with E-state index >= 15 is 0 Å². The molecule has 7 heteroatoms. The van der Waals surface area contributed by atoms with Crippen molar-refractivity contribution in [1.82, 2.24) is 20.0 Å². The van der Waals surface area contributed by atoms with Crippen LogP contribution in [0.3, 0.4) is 0 Å². The van der Waals surface area contributed by atoms with Gasteiger partial charge in [0.25, 0.3) is 5.91 Å². The first-order valence-electron chi connectivity index (χ1n) is 11.2. The molecule has 0 radical (unpaired) electrons. The first-order chi connectivity index (χ1) is 14.9. The van der Waals surface area contributed by atoms with Gasteiger partial charge in [0.1, 0.15) is 12.4 Å². The lowest BCUT2D eigenvalue weighted by molar-refractivity contribution is 0.0726. The quantitative estimate of drug-likeness (QED) is 0.806. The second-order valence-electron chi connectivity index (χ2n) is 9.75. The average molecular weight is 420 g/mol. The Hall–Kier alpha value is -2.85. The number of fused-ring (bicyclic) bond motifs is 2. The summed E-state index contributed by atoms with van der Waals surface area (Å²) in [5, 5.41) is 16.8. The molecule has 1 amide bonds. The van der Waals surface area contributed by atoms with Crippen LogP contribution in [0.25, 0.3) is 0 Å². The van der Waals surface area contributed by atoms with Crippen molar-refractivity contribution < 1.29 is 9.53 Å². The molecule has 0 spiro atoms. The van der Waals surface area contributed by atoms with Crippen LogP contribution >= 0.6 is 0 Å². The number of rotatable bonds is 5. The number of carbonyl (C=O) groups is 1. The molecule has 31 heavy (non-hydrogen) atoms. The van der Waals surface area contributed by atoms with Crippen LogP contribution in [-0.2, 0) is 19.5 Å². The predicted molar refractivity (Wildman–Crippen MR) is 116 cm³/mol. The molecule has 162 valence electrons. The van der Waals surface area contributed by atoms with Gasteiger partial charge in [-0.2, -0.15) is 10.4 Å². The second-order valence-corrected chi connectivity index (χ2v) is 9.75. The normalized spacial score (nSPS) is 20.9. The first-order valence-corrected chi connectivity index (χ1v) is 11.2. The van der Waals surface area contributed by atoms with Crippen molar-refractivity contribution in [1.29, 1.82) is 5.26 Å². The van der Waals surface area contributed by atoms with Crippen LogP contribution in [0.5, 0.6) is 5.75 Å². The lowest BCUT2D eigenvalue weighted by atomic mass is 9.94. The van der Waals surface area contributed by atoms with E-state index in [-0.39, 0.29) is 17.5 Å². The van der Waals surface area contributed by atoms with Gasteiger partial charge in [0, 0.05) is 18.6 Å². The van der Waals surface area contributed by atoms with Crippen LogP contribution in [0.1, 0.15) is 60.4 Å². The number of nitriles is 1. The Morgan fingerprint density at radius 2 is 2.16 bits per heavy atom. The third kappa shape index (κ3) is 4.17. The Kier molecular flexibility index (Phi) is 4.98. The molecule has 1 aromatic carbocycles. The van der Waals surface area contributed by atoms with E-state index in [1.807, 2.05) is 22.9 Å². The smallest absolute Gasteiger partial charge is 0.272 e. The number of ether oxygens (including phenoxy) is 1. The molecule has 0 saturated heterocycles. The summed E-state index contributed by atoms with van der Waals surface area (Å²) in [6.07, 6.45) is 4.62. The Bertz CT molecular complexity index is 1050. The van der Waals surface area contributed by atoms with Gasteiger partial charge in [-0.3, -0.25) is 14.4 Å². The lowest BCUT2D eigenvalue weighted by Gasteiger charge is -2.41. The molecule has 7 nitrogen and oxygen atoms in total. The highest BCUT2D eigenvalue weighted by Gasteiger charge is 2.36. The van der Waals surface area contributed by atoms with Gasteiger partial charge >= 0.3 is 0 Å². The fourth-order valence-electron chi connectivity index (χ4n) is 4.87. The SMILES string of the molecule is CC(C)(CC1CC1)N1CCn2nc(C(=O)N[C@H]3COc4ccc(C#N)cc4C3)cc2C1. The van der Waals surface area contributed by atoms with E-state index in [1.54, 1.807) is 6.07 Å².